The maximum Gasteiger partial charge on any atom is 0.123 e. The van der Waals surface area contributed by atoms with Crippen LogP contribution in [0, 0.1) is 19.7 Å². The molecule has 0 radical (unpaired) electrons. The minimum absolute atomic E-state index is 0.222. The largest absolute Gasteiger partial charge is 0.392 e. The van der Waals surface area contributed by atoms with Crippen LogP contribution in [0.25, 0.3) is 0 Å². The summed E-state index contributed by atoms with van der Waals surface area (Å²) >= 11 is 0. The number of halogens is 1. The number of hydrogen-bond acceptors (Lipinski definition) is 2. The molecule has 0 fully saturated rings. The van der Waals surface area contributed by atoms with Crippen molar-refractivity contribution in [3.8, 4) is 0 Å². The van der Waals surface area contributed by atoms with Crippen LogP contribution in [-0.2, 0) is 13.1 Å². The lowest BCUT2D eigenvalue weighted by molar-refractivity contribution is 0.118. The van der Waals surface area contributed by atoms with Crippen molar-refractivity contribution in [3.63, 3.8) is 0 Å². The Morgan fingerprint density at radius 1 is 1.05 bits per heavy atom. The fourth-order valence-corrected chi connectivity index (χ4v) is 2.62. The zero-order valence-corrected chi connectivity index (χ0v) is 13.5. The van der Waals surface area contributed by atoms with Crippen LogP contribution in [-0.4, -0.2) is 22.7 Å². The lowest BCUT2D eigenvalue weighted by Crippen LogP contribution is -2.30. The van der Waals surface area contributed by atoms with E-state index in [9.17, 15) is 9.50 Å². The highest BCUT2D eigenvalue weighted by molar-refractivity contribution is 5.30. The van der Waals surface area contributed by atoms with Gasteiger partial charge in [-0.3, -0.25) is 4.90 Å². The number of aliphatic hydroxyl groups excluding tert-OH is 1. The molecule has 2 aromatic rings. The van der Waals surface area contributed by atoms with E-state index in [0.29, 0.717) is 13.1 Å². The van der Waals surface area contributed by atoms with E-state index in [4.69, 9.17) is 0 Å². The van der Waals surface area contributed by atoms with Crippen LogP contribution in [0.5, 0.6) is 0 Å². The van der Waals surface area contributed by atoms with Crippen molar-refractivity contribution in [3.05, 3.63) is 70.5 Å². The second-order valence-corrected chi connectivity index (χ2v) is 6.08. The molecule has 0 heterocycles. The first-order valence-corrected chi connectivity index (χ1v) is 7.65. The zero-order valence-electron chi connectivity index (χ0n) is 13.5. The first kappa shape index (κ1) is 16.7. The second-order valence-electron chi connectivity index (χ2n) is 6.08. The molecule has 0 saturated heterocycles. The molecule has 1 N–H and O–H groups in total. The van der Waals surface area contributed by atoms with Crippen molar-refractivity contribution >= 4 is 0 Å². The van der Waals surface area contributed by atoms with Crippen LogP contribution in [0.3, 0.4) is 0 Å². The van der Waals surface area contributed by atoms with Gasteiger partial charge in [0.1, 0.15) is 5.82 Å². The lowest BCUT2D eigenvalue weighted by Gasteiger charge is -2.25. The molecular formula is C19H24FNO. The van der Waals surface area contributed by atoms with Gasteiger partial charge in [0.05, 0.1) is 6.10 Å². The number of benzene rings is 2. The third-order valence-corrected chi connectivity index (χ3v) is 3.74. The Morgan fingerprint density at radius 3 is 2.36 bits per heavy atom. The van der Waals surface area contributed by atoms with Crippen molar-refractivity contribution in [1.82, 2.24) is 4.90 Å². The molecule has 2 rings (SSSR count). The average molecular weight is 301 g/mol. The monoisotopic (exact) mass is 301 g/mol. The van der Waals surface area contributed by atoms with Crippen molar-refractivity contribution in [2.75, 3.05) is 6.54 Å². The van der Waals surface area contributed by atoms with Gasteiger partial charge >= 0.3 is 0 Å². The fraction of sp³-hybridized carbons (Fsp3) is 0.368. The third-order valence-electron chi connectivity index (χ3n) is 3.74. The molecular weight excluding hydrogens is 277 g/mol. The van der Waals surface area contributed by atoms with E-state index in [2.05, 4.69) is 36.9 Å². The van der Waals surface area contributed by atoms with E-state index < -0.39 is 6.10 Å². The van der Waals surface area contributed by atoms with Gasteiger partial charge in [0, 0.05) is 19.6 Å². The SMILES string of the molecule is Cc1ccc(C)c(CN(Cc2ccc(F)cc2)CC(C)O)c1. The highest BCUT2D eigenvalue weighted by Gasteiger charge is 2.11. The summed E-state index contributed by atoms with van der Waals surface area (Å²) in [5.41, 5.74) is 4.80. The molecule has 0 saturated carbocycles. The summed E-state index contributed by atoms with van der Waals surface area (Å²) in [5.74, 6) is -0.222. The molecule has 1 unspecified atom stereocenters. The molecule has 1 atom stereocenters. The first-order valence-electron chi connectivity index (χ1n) is 7.65. The van der Waals surface area contributed by atoms with Gasteiger partial charge < -0.3 is 5.11 Å². The van der Waals surface area contributed by atoms with Gasteiger partial charge in [-0.1, -0.05) is 35.9 Å². The predicted octanol–water partition coefficient (Wildman–Crippen LogP) is 3.83. The summed E-state index contributed by atoms with van der Waals surface area (Å²) in [4.78, 5) is 2.19. The normalized spacial score (nSPS) is 12.6. The molecule has 2 nitrogen and oxygen atoms in total. The topological polar surface area (TPSA) is 23.5 Å². The van der Waals surface area contributed by atoms with Crippen LogP contribution in [0.4, 0.5) is 4.39 Å². The van der Waals surface area contributed by atoms with E-state index in [1.165, 1.54) is 28.8 Å². The number of nitrogens with zero attached hydrogens (tertiary/aromatic N) is 1. The zero-order chi connectivity index (χ0) is 16.1. The number of aryl methyl sites for hydroxylation is 2. The number of rotatable bonds is 6. The molecule has 22 heavy (non-hydrogen) atoms. The van der Waals surface area contributed by atoms with Gasteiger partial charge in [-0.05, 0) is 49.6 Å². The highest BCUT2D eigenvalue weighted by Crippen LogP contribution is 2.16. The van der Waals surface area contributed by atoms with Gasteiger partial charge in [-0.2, -0.15) is 0 Å². The molecule has 0 aliphatic heterocycles. The summed E-state index contributed by atoms with van der Waals surface area (Å²) in [7, 11) is 0. The van der Waals surface area contributed by atoms with Gasteiger partial charge in [0.2, 0.25) is 0 Å². The van der Waals surface area contributed by atoms with E-state index in [0.717, 1.165) is 12.1 Å². The number of aliphatic hydroxyl groups is 1. The Hall–Kier alpha value is -1.71. The Labute approximate surface area is 132 Å². The van der Waals surface area contributed by atoms with Crippen LogP contribution in [0.1, 0.15) is 29.2 Å². The third kappa shape index (κ3) is 4.93. The molecule has 2 aromatic carbocycles. The predicted molar refractivity (Wildman–Crippen MR) is 88.1 cm³/mol. The van der Waals surface area contributed by atoms with Crippen LogP contribution >= 0.6 is 0 Å². The smallest absolute Gasteiger partial charge is 0.123 e. The number of hydrogen-bond donors (Lipinski definition) is 1. The van der Waals surface area contributed by atoms with Gasteiger partial charge in [0.25, 0.3) is 0 Å². The average Bonchev–Trinajstić information content (AvgIpc) is 2.44. The molecule has 0 aromatic heterocycles. The summed E-state index contributed by atoms with van der Waals surface area (Å²) < 4.78 is 13.0. The van der Waals surface area contributed by atoms with Gasteiger partial charge in [-0.25, -0.2) is 4.39 Å². The summed E-state index contributed by atoms with van der Waals surface area (Å²) in [6.45, 7) is 8.04. The second kappa shape index (κ2) is 7.52. The van der Waals surface area contributed by atoms with Crippen molar-refractivity contribution < 1.29 is 9.50 Å². The van der Waals surface area contributed by atoms with E-state index in [1.807, 2.05) is 0 Å². The van der Waals surface area contributed by atoms with E-state index in [-0.39, 0.29) is 5.82 Å². The quantitative estimate of drug-likeness (QED) is 0.876. The molecule has 118 valence electrons. The minimum Gasteiger partial charge on any atom is -0.392 e. The molecule has 3 heteroatoms. The summed E-state index contributed by atoms with van der Waals surface area (Å²) in [6, 6.07) is 13.0. The Balaban J connectivity index is 2.15. The van der Waals surface area contributed by atoms with Gasteiger partial charge in [-0.15, -0.1) is 0 Å². The summed E-state index contributed by atoms with van der Waals surface area (Å²) in [6.07, 6.45) is -0.398. The maximum absolute atomic E-state index is 13.0. The van der Waals surface area contributed by atoms with Crippen molar-refractivity contribution in [1.29, 1.82) is 0 Å². The summed E-state index contributed by atoms with van der Waals surface area (Å²) in [5, 5.41) is 9.75. The highest BCUT2D eigenvalue weighted by atomic mass is 19.1. The van der Waals surface area contributed by atoms with E-state index in [1.54, 1.807) is 19.1 Å². The Kier molecular flexibility index (Phi) is 5.69. The molecule has 0 aliphatic rings. The minimum atomic E-state index is -0.398. The van der Waals surface area contributed by atoms with E-state index >= 15 is 0 Å². The Morgan fingerprint density at radius 2 is 1.73 bits per heavy atom. The Bertz CT molecular complexity index is 607. The first-order chi connectivity index (χ1) is 10.4. The van der Waals surface area contributed by atoms with Gasteiger partial charge in [0.15, 0.2) is 0 Å². The standard InChI is InChI=1S/C19H24FNO/c1-14-4-5-15(2)18(10-14)13-21(11-16(3)22)12-17-6-8-19(20)9-7-17/h4-10,16,22H,11-13H2,1-3H3. The molecule has 0 aliphatic carbocycles. The maximum atomic E-state index is 13.0. The van der Waals surface area contributed by atoms with Crippen molar-refractivity contribution in [2.24, 2.45) is 0 Å². The molecule has 0 spiro atoms. The fourth-order valence-electron chi connectivity index (χ4n) is 2.62. The van der Waals surface area contributed by atoms with Crippen LogP contribution in [0.2, 0.25) is 0 Å². The lowest BCUT2D eigenvalue weighted by atomic mass is 10.0. The molecule has 0 bridgehead atoms. The van der Waals surface area contributed by atoms with Crippen LogP contribution < -0.4 is 0 Å². The van der Waals surface area contributed by atoms with Crippen molar-refractivity contribution in [2.45, 2.75) is 40.0 Å². The van der Waals surface area contributed by atoms with Crippen LogP contribution in [0.15, 0.2) is 42.5 Å². The molecule has 0 amide bonds.